The van der Waals surface area contributed by atoms with Crippen molar-refractivity contribution in [1.82, 2.24) is 0 Å². The van der Waals surface area contributed by atoms with Crippen molar-refractivity contribution in [2.75, 3.05) is 4.90 Å². The number of benzene rings is 4. The van der Waals surface area contributed by atoms with Crippen molar-refractivity contribution in [3.05, 3.63) is 137 Å². The minimum absolute atomic E-state index is 0.0314. The van der Waals surface area contributed by atoms with Gasteiger partial charge in [-0.05, 0) is 35.4 Å². The Kier molecular flexibility index (Phi) is 4.80. The second-order valence-corrected chi connectivity index (χ2v) is 10.00. The number of rotatable bonds is 4. The molecule has 4 aromatic carbocycles. The van der Waals surface area contributed by atoms with Crippen LogP contribution >= 0.6 is 0 Å². The zero-order valence-corrected chi connectivity index (χ0v) is 20.5. The van der Waals surface area contributed by atoms with E-state index in [9.17, 15) is 24.3 Å². The fraction of sp³-hybridized carbons (Fsp3) is 0.125. The quantitative estimate of drug-likeness (QED) is 0.400. The average Bonchev–Trinajstić information content (AvgIpc) is 3.43. The number of Topliss-reactive ketones (excluding diaryl/α,β-unsaturated/α-hetero) is 1. The van der Waals surface area contributed by atoms with Gasteiger partial charge in [0.1, 0.15) is 5.60 Å². The zero-order valence-electron chi connectivity index (χ0n) is 20.5. The number of carbonyl (C=O) groups is 4. The van der Waals surface area contributed by atoms with E-state index in [0.29, 0.717) is 22.3 Å². The molecule has 1 N–H and O–H groups in total. The van der Waals surface area contributed by atoms with E-state index in [1.54, 1.807) is 48.5 Å². The van der Waals surface area contributed by atoms with Crippen LogP contribution in [0.2, 0.25) is 0 Å². The van der Waals surface area contributed by atoms with Gasteiger partial charge in [-0.15, -0.1) is 0 Å². The van der Waals surface area contributed by atoms with Crippen molar-refractivity contribution < 1.29 is 29.0 Å². The number of ether oxygens (including phenoxy) is 1. The predicted octanol–water partition coefficient (Wildman–Crippen LogP) is 4.56. The highest BCUT2D eigenvalue weighted by atomic mass is 16.5. The lowest BCUT2D eigenvalue weighted by Gasteiger charge is -2.43. The third-order valence-corrected chi connectivity index (χ3v) is 8.19. The topological polar surface area (TPSA) is 101 Å². The van der Waals surface area contributed by atoms with Gasteiger partial charge in [0, 0.05) is 11.1 Å². The maximum Gasteiger partial charge on any atom is 0.335 e. The van der Waals surface area contributed by atoms with E-state index < -0.39 is 40.8 Å². The minimum Gasteiger partial charge on any atom is -0.478 e. The summed E-state index contributed by atoms with van der Waals surface area (Å²) < 4.78 is 6.93. The highest BCUT2D eigenvalue weighted by Gasteiger charge is 2.78. The monoisotopic (exact) mass is 515 g/mol. The van der Waals surface area contributed by atoms with Crippen molar-refractivity contribution in [3.8, 4) is 0 Å². The maximum absolute atomic E-state index is 14.5. The Morgan fingerprint density at radius 3 is 1.77 bits per heavy atom. The second-order valence-electron chi connectivity index (χ2n) is 10.00. The highest BCUT2D eigenvalue weighted by Crippen LogP contribution is 2.66. The average molecular weight is 516 g/mol. The number of hydrogen-bond donors (Lipinski definition) is 1. The molecule has 3 aliphatic rings. The van der Waals surface area contributed by atoms with Crippen molar-refractivity contribution >= 4 is 29.3 Å². The molecule has 4 unspecified atom stereocenters. The number of anilines is 1. The summed E-state index contributed by atoms with van der Waals surface area (Å²) in [5, 5.41) is 9.33. The molecule has 2 saturated heterocycles. The largest absolute Gasteiger partial charge is 0.478 e. The number of hydrogen-bond acceptors (Lipinski definition) is 5. The Morgan fingerprint density at radius 2 is 1.18 bits per heavy atom. The molecule has 4 atom stereocenters. The van der Waals surface area contributed by atoms with Crippen LogP contribution in [0, 0.1) is 11.8 Å². The second kappa shape index (κ2) is 8.06. The first-order chi connectivity index (χ1) is 18.9. The molecule has 0 spiro atoms. The van der Waals surface area contributed by atoms with Crippen LogP contribution in [0.5, 0.6) is 0 Å². The molecule has 0 aromatic heterocycles. The summed E-state index contributed by atoms with van der Waals surface area (Å²) in [6.07, 6.45) is 0. The van der Waals surface area contributed by atoms with E-state index in [1.165, 1.54) is 24.3 Å². The zero-order chi connectivity index (χ0) is 26.9. The van der Waals surface area contributed by atoms with Crippen molar-refractivity contribution in [1.29, 1.82) is 0 Å². The van der Waals surface area contributed by atoms with Gasteiger partial charge in [-0.3, -0.25) is 14.4 Å². The normalized spacial score (nSPS) is 26.9. The van der Waals surface area contributed by atoms with E-state index in [2.05, 4.69) is 0 Å². The maximum atomic E-state index is 14.5. The van der Waals surface area contributed by atoms with Gasteiger partial charge in [0.2, 0.25) is 17.6 Å². The van der Waals surface area contributed by atoms with E-state index in [1.807, 2.05) is 36.4 Å². The fourth-order valence-electron chi connectivity index (χ4n) is 6.63. The molecule has 0 radical (unpaired) electrons. The van der Waals surface area contributed by atoms with Crippen LogP contribution in [0.1, 0.15) is 37.4 Å². The van der Waals surface area contributed by atoms with E-state index in [4.69, 9.17) is 4.74 Å². The Hall–Kier alpha value is -4.88. The number of nitrogens with zero attached hydrogens (tertiary/aromatic N) is 1. The smallest absolute Gasteiger partial charge is 0.335 e. The standard InChI is InChI=1S/C32H21NO6/c34-27-23-13-7-8-14-24(23)31(20-9-3-1-4-10-20)25-26(32(27,39-31)21-11-5-2-6-12-21)29(36)33(28(25)35)22-17-15-19(16-18-22)30(37)38/h1-18,25-26H,(H,37,38). The number of amides is 2. The molecule has 3 aliphatic heterocycles. The third kappa shape index (κ3) is 2.85. The summed E-state index contributed by atoms with van der Waals surface area (Å²) in [6.45, 7) is 0. The molecule has 2 fully saturated rings. The van der Waals surface area contributed by atoms with Gasteiger partial charge >= 0.3 is 5.97 Å². The van der Waals surface area contributed by atoms with Crippen LogP contribution in [0.25, 0.3) is 0 Å². The van der Waals surface area contributed by atoms with E-state index >= 15 is 0 Å². The lowest BCUT2D eigenvalue weighted by molar-refractivity contribution is -0.136. The fourth-order valence-corrected chi connectivity index (χ4v) is 6.63. The van der Waals surface area contributed by atoms with Crippen LogP contribution < -0.4 is 4.90 Å². The first-order valence-corrected chi connectivity index (χ1v) is 12.6. The first kappa shape index (κ1) is 23.3. The molecule has 190 valence electrons. The van der Waals surface area contributed by atoms with E-state index in [-0.39, 0.29) is 17.0 Å². The SMILES string of the molecule is O=C(O)c1ccc(N2C(=O)C3C(C2=O)C2(c4ccccc4)OC3(c3ccccc3)C(=O)c3ccccc32)cc1. The third-order valence-electron chi connectivity index (χ3n) is 8.19. The molecule has 39 heavy (non-hydrogen) atoms. The van der Waals surface area contributed by atoms with Gasteiger partial charge in [-0.25, -0.2) is 9.69 Å². The number of ketones is 1. The summed E-state index contributed by atoms with van der Waals surface area (Å²) in [6, 6.07) is 30.8. The number of carboxylic acids is 1. The Morgan fingerprint density at radius 1 is 0.667 bits per heavy atom. The molecule has 2 amide bonds. The molecule has 2 bridgehead atoms. The lowest BCUT2D eigenvalue weighted by atomic mass is 9.72. The molecule has 0 saturated carbocycles. The summed E-state index contributed by atoms with van der Waals surface area (Å²) in [5.74, 6) is -4.73. The molecular weight excluding hydrogens is 494 g/mol. The number of carboxylic acid groups (broad SMARTS) is 1. The van der Waals surface area contributed by atoms with Crippen LogP contribution in [0.3, 0.4) is 0 Å². The Labute approximate surface area is 223 Å². The molecule has 3 heterocycles. The summed E-state index contributed by atoms with van der Waals surface area (Å²) in [5.41, 5.74) is -0.733. The van der Waals surface area contributed by atoms with Crippen LogP contribution in [0.4, 0.5) is 5.69 Å². The summed E-state index contributed by atoms with van der Waals surface area (Å²) in [4.78, 5) is 55.7. The van der Waals surface area contributed by atoms with Gasteiger partial charge in [-0.2, -0.15) is 0 Å². The Bertz CT molecular complexity index is 1680. The summed E-state index contributed by atoms with van der Waals surface area (Å²) in [7, 11) is 0. The summed E-state index contributed by atoms with van der Waals surface area (Å²) >= 11 is 0. The highest BCUT2D eigenvalue weighted by molar-refractivity contribution is 6.26. The van der Waals surface area contributed by atoms with Gasteiger partial charge in [0.05, 0.1) is 23.1 Å². The van der Waals surface area contributed by atoms with Crippen LogP contribution in [-0.4, -0.2) is 28.7 Å². The molecular formula is C32H21NO6. The molecule has 7 heteroatoms. The van der Waals surface area contributed by atoms with Crippen LogP contribution in [0.15, 0.2) is 109 Å². The van der Waals surface area contributed by atoms with Gasteiger partial charge in [0.25, 0.3) is 0 Å². The van der Waals surface area contributed by atoms with Gasteiger partial charge < -0.3 is 9.84 Å². The van der Waals surface area contributed by atoms with Crippen LogP contribution in [-0.2, 0) is 25.5 Å². The van der Waals surface area contributed by atoms with Crippen molar-refractivity contribution in [2.45, 2.75) is 11.2 Å². The lowest BCUT2D eigenvalue weighted by Crippen LogP contribution is -2.51. The van der Waals surface area contributed by atoms with Crippen molar-refractivity contribution in [2.24, 2.45) is 11.8 Å². The van der Waals surface area contributed by atoms with Crippen molar-refractivity contribution in [3.63, 3.8) is 0 Å². The van der Waals surface area contributed by atoms with Gasteiger partial charge in [-0.1, -0.05) is 84.9 Å². The Balaban J connectivity index is 1.53. The molecule has 4 aromatic rings. The van der Waals surface area contributed by atoms with Gasteiger partial charge in [0.15, 0.2) is 5.60 Å². The number of aromatic carboxylic acids is 1. The predicted molar refractivity (Wildman–Crippen MR) is 140 cm³/mol. The molecule has 0 aliphatic carbocycles. The minimum atomic E-state index is -1.74. The molecule has 7 nitrogen and oxygen atoms in total. The van der Waals surface area contributed by atoms with E-state index in [0.717, 1.165) is 4.90 Å². The number of imide groups is 1. The molecule has 7 rings (SSSR count). The number of fused-ring (bicyclic) bond motifs is 7. The number of carbonyl (C=O) groups excluding carboxylic acids is 3. The first-order valence-electron chi connectivity index (χ1n) is 12.6.